The maximum atomic E-state index is 12.7. The first-order valence-electron chi connectivity index (χ1n) is 7.63. The van der Waals surface area contributed by atoms with Gasteiger partial charge in [0.05, 0.1) is 0 Å². The molecule has 0 radical (unpaired) electrons. The topological polar surface area (TPSA) is 89.7 Å². The number of carbonyl (C=O) groups excluding carboxylic acids is 1. The fourth-order valence-electron chi connectivity index (χ4n) is 2.58. The van der Waals surface area contributed by atoms with Crippen LogP contribution in [0.2, 0.25) is 0 Å². The van der Waals surface area contributed by atoms with Crippen LogP contribution in [0.5, 0.6) is 0 Å². The standard InChI is InChI=1S/C16H18BrN5O2/c1-4-21(9(2)3)16(23)10-7-13(18)22-14(8-10)19-15(20-22)11-5-6-12(17)24-11/h5-9H,4,18H2,1-3H3. The molecule has 0 atom stereocenters. The number of fused-ring (bicyclic) bond motifs is 1. The van der Waals surface area contributed by atoms with Crippen LogP contribution in [0.3, 0.4) is 0 Å². The SMILES string of the molecule is CCN(C(=O)c1cc(N)n2nc(-c3ccc(Br)o3)nc2c1)C(C)C. The van der Waals surface area contributed by atoms with E-state index in [4.69, 9.17) is 10.2 Å². The lowest BCUT2D eigenvalue weighted by atomic mass is 10.2. The van der Waals surface area contributed by atoms with Gasteiger partial charge in [-0.3, -0.25) is 4.79 Å². The van der Waals surface area contributed by atoms with Crippen LogP contribution >= 0.6 is 15.9 Å². The summed E-state index contributed by atoms with van der Waals surface area (Å²) < 4.78 is 7.55. The highest BCUT2D eigenvalue weighted by Crippen LogP contribution is 2.24. The largest absolute Gasteiger partial charge is 0.446 e. The maximum absolute atomic E-state index is 12.7. The third kappa shape index (κ3) is 2.89. The van der Waals surface area contributed by atoms with Gasteiger partial charge in [-0.25, -0.2) is 4.98 Å². The Hall–Kier alpha value is -2.35. The number of anilines is 1. The molecule has 0 saturated heterocycles. The number of halogens is 1. The van der Waals surface area contributed by atoms with Gasteiger partial charge in [-0.05, 0) is 61.0 Å². The minimum atomic E-state index is -0.0769. The first-order chi connectivity index (χ1) is 11.4. The van der Waals surface area contributed by atoms with E-state index >= 15 is 0 Å². The molecule has 0 saturated carbocycles. The van der Waals surface area contributed by atoms with Gasteiger partial charge in [-0.15, -0.1) is 5.10 Å². The minimum absolute atomic E-state index is 0.0769. The van der Waals surface area contributed by atoms with Crippen molar-refractivity contribution in [3.63, 3.8) is 0 Å². The number of hydrogen-bond acceptors (Lipinski definition) is 5. The van der Waals surface area contributed by atoms with E-state index < -0.39 is 0 Å². The zero-order chi connectivity index (χ0) is 17.4. The maximum Gasteiger partial charge on any atom is 0.254 e. The molecule has 3 heterocycles. The molecule has 0 unspecified atom stereocenters. The molecule has 3 aromatic heterocycles. The summed E-state index contributed by atoms with van der Waals surface area (Å²) in [7, 11) is 0. The van der Waals surface area contributed by atoms with Crippen LogP contribution < -0.4 is 5.73 Å². The average Bonchev–Trinajstić information content (AvgIpc) is 3.13. The Bertz CT molecular complexity index is 899. The van der Waals surface area contributed by atoms with E-state index in [9.17, 15) is 4.79 Å². The smallest absolute Gasteiger partial charge is 0.254 e. The molecule has 126 valence electrons. The molecule has 0 spiro atoms. The Morgan fingerprint density at radius 3 is 2.75 bits per heavy atom. The number of carbonyl (C=O) groups is 1. The van der Waals surface area contributed by atoms with Gasteiger partial charge in [0.25, 0.3) is 5.91 Å². The van der Waals surface area contributed by atoms with Crippen LogP contribution in [-0.4, -0.2) is 38.0 Å². The second-order valence-electron chi connectivity index (χ2n) is 5.66. The molecule has 0 aromatic carbocycles. The Kier molecular flexibility index (Phi) is 4.31. The zero-order valence-electron chi connectivity index (χ0n) is 13.7. The summed E-state index contributed by atoms with van der Waals surface area (Å²) in [6, 6.07) is 6.95. The van der Waals surface area contributed by atoms with E-state index in [1.165, 1.54) is 4.52 Å². The highest BCUT2D eigenvalue weighted by molar-refractivity contribution is 9.10. The third-order valence-electron chi connectivity index (χ3n) is 3.73. The summed E-state index contributed by atoms with van der Waals surface area (Å²) >= 11 is 3.25. The lowest BCUT2D eigenvalue weighted by Crippen LogP contribution is -2.36. The van der Waals surface area contributed by atoms with Crippen molar-refractivity contribution < 1.29 is 9.21 Å². The summed E-state index contributed by atoms with van der Waals surface area (Å²) in [5, 5.41) is 4.34. The number of nitrogens with two attached hydrogens (primary N) is 1. The second kappa shape index (κ2) is 6.27. The molecule has 3 rings (SSSR count). The van der Waals surface area contributed by atoms with Crippen molar-refractivity contribution in [2.24, 2.45) is 0 Å². The number of pyridine rings is 1. The predicted molar refractivity (Wildman–Crippen MR) is 94.6 cm³/mol. The average molecular weight is 392 g/mol. The lowest BCUT2D eigenvalue weighted by molar-refractivity contribution is 0.0717. The van der Waals surface area contributed by atoms with Gasteiger partial charge in [0, 0.05) is 18.2 Å². The first kappa shape index (κ1) is 16.5. The summed E-state index contributed by atoms with van der Waals surface area (Å²) in [5.41, 5.74) is 7.06. The summed E-state index contributed by atoms with van der Waals surface area (Å²) in [4.78, 5) is 18.9. The molecule has 0 aliphatic heterocycles. The lowest BCUT2D eigenvalue weighted by Gasteiger charge is -2.25. The number of nitrogen functional groups attached to an aromatic ring is 1. The first-order valence-corrected chi connectivity index (χ1v) is 8.43. The van der Waals surface area contributed by atoms with Crippen LogP contribution in [0, 0.1) is 0 Å². The van der Waals surface area contributed by atoms with Crippen LogP contribution in [0.1, 0.15) is 31.1 Å². The number of rotatable bonds is 4. The van der Waals surface area contributed by atoms with E-state index in [2.05, 4.69) is 26.0 Å². The Morgan fingerprint density at radius 2 is 2.17 bits per heavy atom. The van der Waals surface area contributed by atoms with Gasteiger partial charge in [0.1, 0.15) is 5.82 Å². The summed E-state index contributed by atoms with van der Waals surface area (Å²) in [6.07, 6.45) is 0. The monoisotopic (exact) mass is 391 g/mol. The molecule has 3 aromatic rings. The summed E-state index contributed by atoms with van der Waals surface area (Å²) in [5.74, 6) is 1.20. The molecular weight excluding hydrogens is 374 g/mol. The Balaban J connectivity index is 2.05. The number of nitrogens with zero attached hydrogens (tertiary/aromatic N) is 4. The molecule has 24 heavy (non-hydrogen) atoms. The van der Waals surface area contributed by atoms with Crippen molar-refractivity contribution in [1.82, 2.24) is 19.5 Å². The molecule has 0 aliphatic rings. The number of hydrogen-bond donors (Lipinski definition) is 1. The molecule has 8 heteroatoms. The van der Waals surface area contributed by atoms with Crippen molar-refractivity contribution >= 4 is 33.3 Å². The molecule has 1 amide bonds. The second-order valence-corrected chi connectivity index (χ2v) is 6.44. The fraction of sp³-hybridized carbons (Fsp3) is 0.312. The molecular formula is C16H18BrN5O2. The Labute approximate surface area is 147 Å². The van der Waals surface area contributed by atoms with Crippen LogP contribution in [-0.2, 0) is 0 Å². The van der Waals surface area contributed by atoms with Gasteiger partial charge in [-0.2, -0.15) is 4.52 Å². The van der Waals surface area contributed by atoms with E-state index in [1.54, 1.807) is 29.2 Å². The van der Waals surface area contributed by atoms with E-state index in [0.29, 0.717) is 39.8 Å². The van der Waals surface area contributed by atoms with Crippen LogP contribution in [0.15, 0.2) is 33.4 Å². The van der Waals surface area contributed by atoms with Crippen molar-refractivity contribution in [2.75, 3.05) is 12.3 Å². The van der Waals surface area contributed by atoms with E-state index in [-0.39, 0.29) is 11.9 Å². The zero-order valence-corrected chi connectivity index (χ0v) is 15.2. The quantitative estimate of drug-likeness (QED) is 0.737. The van der Waals surface area contributed by atoms with Gasteiger partial charge >= 0.3 is 0 Å². The van der Waals surface area contributed by atoms with Crippen LogP contribution in [0.4, 0.5) is 5.82 Å². The van der Waals surface area contributed by atoms with Crippen molar-refractivity contribution in [3.05, 3.63) is 34.5 Å². The number of furan rings is 1. The highest BCUT2D eigenvalue weighted by atomic mass is 79.9. The van der Waals surface area contributed by atoms with E-state index in [0.717, 1.165) is 0 Å². The fourth-order valence-corrected chi connectivity index (χ4v) is 2.89. The molecule has 0 aliphatic carbocycles. The van der Waals surface area contributed by atoms with Crippen LogP contribution in [0.25, 0.3) is 17.2 Å². The highest BCUT2D eigenvalue weighted by Gasteiger charge is 2.20. The van der Waals surface area contributed by atoms with Gasteiger partial charge in [0.2, 0.25) is 5.82 Å². The van der Waals surface area contributed by atoms with Gasteiger partial charge < -0.3 is 15.1 Å². The molecule has 0 fully saturated rings. The van der Waals surface area contributed by atoms with Gasteiger partial charge in [-0.1, -0.05) is 0 Å². The molecule has 0 bridgehead atoms. The number of aromatic nitrogens is 3. The van der Waals surface area contributed by atoms with Crippen molar-refractivity contribution in [2.45, 2.75) is 26.8 Å². The van der Waals surface area contributed by atoms with Gasteiger partial charge in [0.15, 0.2) is 16.1 Å². The third-order valence-corrected chi connectivity index (χ3v) is 4.16. The Morgan fingerprint density at radius 1 is 1.42 bits per heavy atom. The normalized spacial score (nSPS) is 11.4. The van der Waals surface area contributed by atoms with Crippen molar-refractivity contribution in [3.8, 4) is 11.6 Å². The molecule has 7 nitrogen and oxygen atoms in total. The number of amides is 1. The predicted octanol–water partition coefficient (Wildman–Crippen LogP) is 3.20. The molecule has 2 N–H and O–H groups in total. The van der Waals surface area contributed by atoms with E-state index in [1.807, 2.05) is 20.8 Å². The summed E-state index contributed by atoms with van der Waals surface area (Å²) in [6.45, 7) is 6.53. The van der Waals surface area contributed by atoms with Crippen molar-refractivity contribution in [1.29, 1.82) is 0 Å². The minimum Gasteiger partial charge on any atom is -0.446 e.